The highest BCUT2D eigenvalue weighted by Gasteiger charge is 2.11. The Morgan fingerprint density at radius 3 is 3.05 bits per heavy atom. The van der Waals surface area contributed by atoms with Crippen molar-refractivity contribution in [2.45, 2.75) is 6.42 Å². The van der Waals surface area contributed by atoms with Crippen LogP contribution in [0.3, 0.4) is 0 Å². The van der Waals surface area contributed by atoms with Crippen LogP contribution in [0.2, 0.25) is 5.02 Å². The van der Waals surface area contributed by atoms with Crippen LogP contribution in [-0.2, 0) is 6.42 Å². The summed E-state index contributed by atoms with van der Waals surface area (Å²) in [5.74, 6) is 0.437. The first-order chi connectivity index (χ1) is 9.20. The van der Waals surface area contributed by atoms with Gasteiger partial charge in [-0.1, -0.05) is 11.6 Å². The number of amides is 1. The molecule has 0 spiro atoms. The lowest BCUT2D eigenvalue weighted by molar-refractivity contribution is 0.0954. The van der Waals surface area contributed by atoms with E-state index in [-0.39, 0.29) is 5.91 Å². The van der Waals surface area contributed by atoms with Gasteiger partial charge < -0.3 is 10.6 Å². The molecule has 0 atom stereocenters. The Balaban J connectivity index is 1.95. The maximum atomic E-state index is 12.0. The Morgan fingerprint density at radius 1 is 1.53 bits per heavy atom. The normalized spacial score (nSPS) is 10.2. The molecule has 2 aromatic rings. The van der Waals surface area contributed by atoms with E-state index in [0.717, 1.165) is 6.42 Å². The summed E-state index contributed by atoms with van der Waals surface area (Å²) in [4.78, 5) is 16.1. The molecule has 0 bridgehead atoms. The van der Waals surface area contributed by atoms with Gasteiger partial charge in [0.1, 0.15) is 5.82 Å². The minimum absolute atomic E-state index is 0.181. The van der Waals surface area contributed by atoms with Crippen molar-refractivity contribution in [1.82, 2.24) is 10.3 Å². The largest absolute Gasteiger partial charge is 0.373 e. The highest BCUT2D eigenvalue weighted by Crippen LogP contribution is 2.17. The number of rotatable bonds is 5. The third kappa shape index (κ3) is 3.68. The molecule has 0 saturated carbocycles. The molecule has 0 aliphatic rings. The Morgan fingerprint density at radius 2 is 2.37 bits per heavy atom. The summed E-state index contributed by atoms with van der Waals surface area (Å²) < 4.78 is 0. The monoisotopic (exact) mass is 295 g/mol. The molecule has 0 aromatic carbocycles. The molecule has 1 amide bonds. The van der Waals surface area contributed by atoms with E-state index in [1.54, 1.807) is 24.5 Å². The van der Waals surface area contributed by atoms with E-state index in [9.17, 15) is 4.79 Å². The first-order valence-electron chi connectivity index (χ1n) is 5.83. The molecule has 0 aliphatic carbocycles. The van der Waals surface area contributed by atoms with Crippen molar-refractivity contribution in [3.63, 3.8) is 0 Å². The number of hydrogen-bond donors (Lipinski definition) is 2. The third-order valence-corrected chi connectivity index (χ3v) is 3.67. The van der Waals surface area contributed by atoms with Crippen LogP contribution < -0.4 is 10.6 Å². The average molecular weight is 296 g/mol. The SMILES string of the molecule is CNc1cc(C(=O)NCCc2ccsc2)c(Cl)cn1. The Bertz CT molecular complexity index is 557. The van der Waals surface area contributed by atoms with E-state index >= 15 is 0 Å². The zero-order chi connectivity index (χ0) is 13.7. The van der Waals surface area contributed by atoms with Crippen molar-refractivity contribution in [3.05, 3.63) is 45.2 Å². The van der Waals surface area contributed by atoms with Crippen molar-refractivity contribution in [2.24, 2.45) is 0 Å². The van der Waals surface area contributed by atoms with Gasteiger partial charge in [0.15, 0.2) is 0 Å². The highest BCUT2D eigenvalue weighted by molar-refractivity contribution is 7.07. The van der Waals surface area contributed by atoms with Crippen LogP contribution in [0.1, 0.15) is 15.9 Å². The van der Waals surface area contributed by atoms with E-state index in [2.05, 4.69) is 27.1 Å². The molecule has 0 unspecified atom stereocenters. The molecular weight excluding hydrogens is 282 g/mol. The van der Waals surface area contributed by atoms with Gasteiger partial charge in [0, 0.05) is 19.8 Å². The molecule has 2 N–H and O–H groups in total. The molecule has 2 heterocycles. The lowest BCUT2D eigenvalue weighted by Crippen LogP contribution is -2.26. The van der Waals surface area contributed by atoms with E-state index < -0.39 is 0 Å². The molecule has 19 heavy (non-hydrogen) atoms. The van der Waals surface area contributed by atoms with Crippen molar-refractivity contribution in [3.8, 4) is 0 Å². The summed E-state index contributed by atoms with van der Waals surface area (Å²) >= 11 is 7.63. The van der Waals surface area contributed by atoms with Crippen LogP contribution in [0.15, 0.2) is 29.1 Å². The van der Waals surface area contributed by atoms with Gasteiger partial charge in [-0.25, -0.2) is 4.98 Å². The van der Waals surface area contributed by atoms with Crippen molar-refractivity contribution in [2.75, 3.05) is 18.9 Å². The molecule has 2 rings (SSSR count). The Labute approximate surface area is 120 Å². The molecule has 0 fully saturated rings. The number of pyridine rings is 1. The predicted molar refractivity (Wildman–Crippen MR) is 79.1 cm³/mol. The first kappa shape index (κ1) is 13.8. The van der Waals surface area contributed by atoms with Gasteiger partial charge in [-0.15, -0.1) is 0 Å². The van der Waals surface area contributed by atoms with Crippen molar-refractivity contribution < 1.29 is 4.79 Å². The van der Waals surface area contributed by atoms with Crippen molar-refractivity contribution >= 4 is 34.7 Å². The highest BCUT2D eigenvalue weighted by atomic mass is 35.5. The van der Waals surface area contributed by atoms with E-state index in [1.807, 2.05) is 5.38 Å². The van der Waals surface area contributed by atoms with E-state index in [0.29, 0.717) is 22.9 Å². The van der Waals surface area contributed by atoms with Gasteiger partial charge in [0.05, 0.1) is 10.6 Å². The summed E-state index contributed by atoms with van der Waals surface area (Å²) in [7, 11) is 1.74. The lowest BCUT2D eigenvalue weighted by atomic mass is 10.2. The topological polar surface area (TPSA) is 54.0 Å². The predicted octanol–water partition coefficient (Wildman–Crippen LogP) is 2.81. The second-order valence-corrected chi connectivity index (χ2v) is 5.12. The van der Waals surface area contributed by atoms with Crippen LogP contribution in [-0.4, -0.2) is 24.5 Å². The number of thiophene rings is 1. The number of anilines is 1. The van der Waals surface area contributed by atoms with Gasteiger partial charge in [-0.05, 0) is 34.9 Å². The van der Waals surface area contributed by atoms with Crippen molar-refractivity contribution in [1.29, 1.82) is 0 Å². The van der Waals surface area contributed by atoms with Gasteiger partial charge >= 0.3 is 0 Å². The second kappa shape index (κ2) is 6.54. The number of carbonyl (C=O) groups is 1. The quantitative estimate of drug-likeness (QED) is 0.892. The number of hydrogen-bond acceptors (Lipinski definition) is 4. The number of nitrogens with zero attached hydrogens (tertiary/aromatic N) is 1. The zero-order valence-corrected chi connectivity index (χ0v) is 12.0. The fourth-order valence-corrected chi connectivity index (χ4v) is 2.49. The molecule has 0 aliphatic heterocycles. The van der Waals surface area contributed by atoms with Gasteiger partial charge in [0.25, 0.3) is 5.91 Å². The fraction of sp³-hybridized carbons (Fsp3) is 0.231. The number of carbonyl (C=O) groups excluding carboxylic acids is 1. The van der Waals surface area contributed by atoms with Gasteiger partial charge in [-0.3, -0.25) is 4.79 Å². The lowest BCUT2D eigenvalue weighted by Gasteiger charge is -2.07. The van der Waals surface area contributed by atoms with Crippen LogP contribution >= 0.6 is 22.9 Å². The maximum Gasteiger partial charge on any atom is 0.253 e. The summed E-state index contributed by atoms with van der Waals surface area (Å²) in [6.07, 6.45) is 2.29. The third-order valence-electron chi connectivity index (χ3n) is 2.64. The maximum absolute atomic E-state index is 12.0. The molecule has 0 radical (unpaired) electrons. The second-order valence-electron chi connectivity index (χ2n) is 3.94. The molecule has 6 heteroatoms. The summed E-state index contributed by atoms with van der Waals surface area (Å²) in [6, 6.07) is 3.69. The average Bonchev–Trinajstić information content (AvgIpc) is 2.92. The molecule has 4 nitrogen and oxygen atoms in total. The van der Waals surface area contributed by atoms with Crippen LogP contribution in [0.25, 0.3) is 0 Å². The van der Waals surface area contributed by atoms with E-state index in [1.165, 1.54) is 11.8 Å². The Hall–Kier alpha value is -1.59. The van der Waals surface area contributed by atoms with Gasteiger partial charge in [0.2, 0.25) is 0 Å². The summed E-state index contributed by atoms with van der Waals surface area (Å²) in [6.45, 7) is 0.586. The Kier molecular flexibility index (Phi) is 4.76. The minimum atomic E-state index is -0.181. The molecular formula is C13H14ClN3OS. The zero-order valence-electron chi connectivity index (χ0n) is 10.4. The summed E-state index contributed by atoms with van der Waals surface area (Å²) in [5.41, 5.74) is 1.66. The van der Waals surface area contributed by atoms with Crippen LogP contribution in [0, 0.1) is 0 Å². The van der Waals surface area contributed by atoms with Crippen LogP contribution in [0.4, 0.5) is 5.82 Å². The molecule has 100 valence electrons. The van der Waals surface area contributed by atoms with Gasteiger partial charge in [-0.2, -0.15) is 11.3 Å². The number of halogens is 1. The summed E-state index contributed by atoms with van der Waals surface area (Å²) in [5, 5.41) is 10.2. The fourth-order valence-electron chi connectivity index (χ4n) is 1.60. The van der Waals surface area contributed by atoms with Crippen LogP contribution in [0.5, 0.6) is 0 Å². The minimum Gasteiger partial charge on any atom is -0.373 e. The number of nitrogens with one attached hydrogen (secondary N) is 2. The first-order valence-corrected chi connectivity index (χ1v) is 7.15. The standard InChI is InChI=1S/C13H14ClN3OS/c1-15-12-6-10(11(14)7-17-12)13(18)16-4-2-9-3-5-19-8-9/h3,5-8H,2,4H2,1H3,(H,15,17)(H,16,18). The smallest absolute Gasteiger partial charge is 0.253 e. The molecule has 2 aromatic heterocycles. The van der Waals surface area contributed by atoms with E-state index in [4.69, 9.17) is 11.6 Å². The number of aromatic nitrogens is 1. The molecule has 0 saturated heterocycles.